The first-order valence-corrected chi connectivity index (χ1v) is 5.80. The van der Waals surface area contributed by atoms with Gasteiger partial charge in [-0.15, -0.1) is 0 Å². The number of rotatable bonds is 4. The summed E-state index contributed by atoms with van der Waals surface area (Å²) in [5.74, 6) is 1.68. The number of aromatic hydroxyl groups is 1. The molecule has 0 spiro atoms. The van der Waals surface area contributed by atoms with Gasteiger partial charge in [0.1, 0.15) is 5.75 Å². The van der Waals surface area contributed by atoms with Crippen LogP contribution in [-0.2, 0) is 12.8 Å². The minimum absolute atomic E-state index is 0.460. The molecule has 0 fully saturated rings. The Morgan fingerprint density at radius 2 is 1.60 bits per heavy atom. The maximum Gasteiger partial charge on any atom is 0.119 e. The Morgan fingerprint density at radius 3 is 2.13 bits per heavy atom. The fraction of sp³-hybridized carbons (Fsp3) is 0.571. The molecule has 0 saturated carbocycles. The number of phenols is 1. The summed E-state index contributed by atoms with van der Waals surface area (Å²) in [4.78, 5) is 0. The summed E-state index contributed by atoms with van der Waals surface area (Å²) < 4.78 is 0. The Hall–Kier alpha value is -0.980. The van der Waals surface area contributed by atoms with E-state index in [1.54, 1.807) is 6.07 Å². The molecule has 1 aromatic carbocycles. The van der Waals surface area contributed by atoms with Crippen molar-refractivity contribution >= 4 is 0 Å². The fourth-order valence-electron chi connectivity index (χ4n) is 1.90. The molecule has 0 atom stereocenters. The summed E-state index contributed by atoms with van der Waals surface area (Å²) in [6.45, 7) is 8.80. The molecular weight excluding hydrogens is 184 g/mol. The third-order valence-corrected chi connectivity index (χ3v) is 2.49. The van der Waals surface area contributed by atoms with E-state index in [4.69, 9.17) is 0 Å². The molecule has 0 heterocycles. The normalized spacial score (nSPS) is 11.3. The highest BCUT2D eigenvalue weighted by Crippen LogP contribution is 2.26. The number of hydrogen-bond donors (Lipinski definition) is 1. The SMILES string of the molecule is CC(C)Cc1cccc(O)c1CC(C)C. The van der Waals surface area contributed by atoms with Gasteiger partial charge in [-0.2, -0.15) is 0 Å². The van der Waals surface area contributed by atoms with Gasteiger partial charge in [-0.3, -0.25) is 0 Å². The topological polar surface area (TPSA) is 20.2 Å². The van der Waals surface area contributed by atoms with Crippen LogP contribution in [-0.4, -0.2) is 5.11 Å². The first kappa shape index (κ1) is 12.1. The summed E-state index contributed by atoms with van der Waals surface area (Å²) in [6, 6.07) is 5.87. The second-order valence-corrected chi connectivity index (χ2v) is 5.11. The van der Waals surface area contributed by atoms with Gasteiger partial charge in [-0.05, 0) is 41.9 Å². The van der Waals surface area contributed by atoms with Gasteiger partial charge >= 0.3 is 0 Å². The molecule has 0 unspecified atom stereocenters. The van der Waals surface area contributed by atoms with Gasteiger partial charge in [0.15, 0.2) is 0 Å². The lowest BCUT2D eigenvalue weighted by molar-refractivity contribution is 0.459. The van der Waals surface area contributed by atoms with Crippen LogP contribution in [0.15, 0.2) is 18.2 Å². The quantitative estimate of drug-likeness (QED) is 0.794. The number of hydrogen-bond acceptors (Lipinski definition) is 1. The Balaban J connectivity index is 2.97. The van der Waals surface area contributed by atoms with E-state index in [2.05, 4.69) is 33.8 Å². The molecule has 0 aliphatic carbocycles. The molecule has 1 N–H and O–H groups in total. The van der Waals surface area contributed by atoms with Crippen LogP contribution in [0, 0.1) is 11.8 Å². The van der Waals surface area contributed by atoms with Gasteiger partial charge in [0.25, 0.3) is 0 Å². The average Bonchev–Trinajstić information content (AvgIpc) is 2.09. The summed E-state index contributed by atoms with van der Waals surface area (Å²) in [6.07, 6.45) is 2.02. The molecule has 15 heavy (non-hydrogen) atoms. The number of phenolic OH excluding ortho intramolecular Hbond substituents is 1. The van der Waals surface area contributed by atoms with Gasteiger partial charge in [-0.25, -0.2) is 0 Å². The Morgan fingerprint density at radius 1 is 1.00 bits per heavy atom. The zero-order chi connectivity index (χ0) is 11.4. The van der Waals surface area contributed by atoms with Crippen molar-refractivity contribution in [3.8, 4) is 5.75 Å². The zero-order valence-corrected chi connectivity index (χ0v) is 10.2. The molecule has 0 aliphatic rings. The predicted molar refractivity (Wildman–Crippen MR) is 65.2 cm³/mol. The van der Waals surface area contributed by atoms with Crippen molar-refractivity contribution in [3.63, 3.8) is 0 Å². The van der Waals surface area contributed by atoms with E-state index in [9.17, 15) is 5.11 Å². The van der Waals surface area contributed by atoms with Crippen LogP contribution in [0.3, 0.4) is 0 Å². The summed E-state index contributed by atoms with van der Waals surface area (Å²) in [5.41, 5.74) is 2.44. The minimum Gasteiger partial charge on any atom is -0.508 e. The summed E-state index contributed by atoms with van der Waals surface area (Å²) in [7, 11) is 0. The molecule has 1 aromatic rings. The highest BCUT2D eigenvalue weighted by Gasteiger charge is 2.10. The third kappa shape index (κ3) is 3.58. The van der Waals surface area contributed by atoms with Crippen molar-refractivity contribution in [2.75, 3.05) is 0 Å². The standard InChI is InChI=1S/C14H22O/c1-10(2)8-12-6-5-7-14(15)13(12)9-11(3)4/h5-7,10-11,15H,8-9H2,1-4H3. The van der Waals surface area contributed by atoms with Gasteiger partial charge in [0, 0.05) is 0 Å². The summed E-state index contributed by atoms with van der Waals surface area (Å²) >= 11 is 0. The number of benzene rings is 1. The van der Waals surface area contributed by atoms with Crippen LogP contribution >= 0.6 is 0 Å². The maximum absolute atomic E-state index is 9.85. The van der Waals surface area contributed by atoms with E-state index in [1.807, 2.05) is 6.07 Å². The van der Waals surface area contributed by atoms with Crippen LogP contribution in [0.4, 0.5) is 0 Å². The highest BCUT2D eigenvalue weighted by molar-refractivity contribution is 5.39. The average molecular weight is 206 g/mol. The van der Waals surface area contributed by atoms with Crippen molar-refractivity contribution in [1.82, 2.24) is 0 Å². The van der Waals surface area contributed by atoms with Crippen LogP contribution in [0.2, 0.25) is 0 Å². The van der Waals surface area contributed by atoms with E-state index in [0.717, 1.165) is 18.4 Å². The lowest BCUT2D eigenvalue weighted by Crippen LogP contribution is -2.03. The van der Waals surface area contributed by atoms with Crippen LogP contribution in [0.25, 0.3) is 0 Å². The van der Waals surface area contributed by atoms with Crippen LogP contribution < -0.4 is 0 Å². The molecule has 1 nitrogen and oxygen atoms in total. The smallest absolute Gasteiger partial charge is 0.119 e. The van der Waals surface area contributed by atoms with E-state index in [-0.39, 0.29) is 0 Å². The van der Waals surface area contributed by atoms with Gasteiger partial charge < -0.3 is 5.11 Å². The lowest BCUT2D eigenvalue weighted by atomic mass is 9.92. The molecular formula is C14H22O. The maximum atomic E-state index is 9.85. The Labute approximate surface area is 93.1 Å². The molecule has 0 saturated heterocycles. The van der Waals surface area contributed by atoms with Crippen molar-refractivity contribution in [3.05, 3.63) is 29.3 Å². The molecule has 1 heteroatoms. The Bertz CT molecular complexity index is 313. The largest absolute Gasteiger partial charge is 0.508 e. The van der Waals surface area contributed by atoms with E-state index in [1.165, 1.54) is 5.56 Å². The molecule has 0 aromatic heterocycles. The second kappa shape index (κ2) is 5.20. The van der Waals surface area contributed by atoms with Crippen molar-refractivity contribution in [2.24, 2.45) is 11.8 Å². The minimum atomic E-state index is 0.460. The summed E-state index contributed by atoms with van der Waals surface area (Å²) in [5, 5.41) is 9.85. The third-order valence-electron chi connectivity index (χ3n) is 2.49. The predicted octanol–water partition coefficient (Wildman–Crippen LogP) is 3.79. The van der Waals surface area contributed by atoms with Crippen molar-refractivity contribution in [2.45, 2.75) is 40.5 Å². The van der Waals surface area contributed by atoms with E-state index in [0.29, 0.717) is 17.6 Å². The molecule has 0 bridgehead atoms. The first-order chi connectivity index (χ1) is 7.00. The fourth-order valence-corrected chi connectivity index (χ4v) is 1.90. The van der Waals surface area contributed by atoms with Crippen molar-refractivity contribution in [1.29, 1.82) is 0 Å². The van der Waals surface area contributed by atoms with Crippen LogP contribution in [0.1, 0.15) is 38.8 Å². The van der Waals surface area contributed by atoms with Gasteiger partial charge in [0.2, 0.25) is 0 Å². The molecule has 1 rings (SSSR count). The molecule has 0 radical (unpaired) electrons. The van der Waals surface area contributed by atoms with Gasteiger partial charge in [-0.1, -0.05) is 39.8 Å². The first-order valence-electron chi connectivity index (χ1n) is 5.80. The van der Waals surface area contributed by atoms with Crippen LogP contribution in [0.5, 0.6) is 5.75 Å². The van der Waals surface area contributed by atoms with Crippen molar-refractivity contribution < 1.29 is 5.11 Å². The Kier molecular flexibility index (Phi) is 4.19. The zero-order valence-electron chi connectivity index (χ0n) is 10.2. The monoisotopic (exact) mass is 206 g/mol. The van der Waals surface area contributed by atoms with E-state index < -0.39 is 0 Å². The molecule has 84 valence electrons. The second-order valence-electron chi connectivity index (χ2n) is 5.11. The van der Waals surface area contributed by atoms with Gasteiger partial charge in [0.05, 0.1) is 0 Å². The molecule has 0 aliphatic heterocycles. The highest BCUT2D eigenvalue weighted by atomic mass is 16.3. The van der Waals surface area contributed by atoms with E-state index >= 15 is 0 Å². The molecule has 0 amide bonds. The lowest BCUT2D eigenvalue weighted by Gasteiger charge is -2.14.